The number of hydrogen-bond acceptors (Lipinski definition) is 3. The second kappa shape index (κ2) is 9.04. The predicted molar refractivity (Wildman–Crippen MR) is 81.0 cm³/mol. The first-order valence-corrected chi connectivity index (χ1v) is 6.87. The summed E-state index contributed by atoms with van der Waals surface area (Å²) in [5, 5.41) is 2.86. The van der Waals surface area contributed by atoms with Crippen LogP contribution in [-0.4, -0.2) is 24.3 Å². The van der Waals surface area contributed by atoms with E-state index in [0.717, 1.165) is 12.8 Å². The quantitative estimate of drug-likeness (QED) is 0.695. The third-order valence-electron chi connectivity index (χ3n) is 3.01. The molecule has 0 bridgehead atoms. The molecule has 0 spiro atoms. The van der Waals surface area contributed by atoms with Crippen molar-refractivity contribution in [3.63, 3.8) is 0 Å². The molecule has 108 valence electrons. The molecule has 0 aromatic heterocycles. The van der Waals surface area contributed by atoms with Gasteiger partial charge in [-0.1, -0.05) is 30.4 Å². The van der Waals surface area contributed by atoms with E-state index in [0.29, 0.717) is 18.5 Å². The first kappa shape index (κ1) is 16.1. The van der Waals surface area contributed by atoms with E-state index in [1.807, 2.05) is 30.4 Å². The maximum atomic E-state index is 11.9. The van der Waals surface area contributed by atoms with Gasteiger partial charge >= 0.3 is 0 Å². The van der Waals surface area contributed by atoms with Crippen molar-refractivity contribution in [1.82, 2.24) is 5.32 Å². The van der Waals surface area contributed by atoms with E-state index in [-0.39, 0.29) is 17.7 Å². The Kier molecular flexibility index (Phi) is 7.29. The van der Waals surface area contributed by atoms with Crippen LogP contribution in [0, 0.1) is 0 Å². The summed E-state index contributed by atoms with van der Waals surface area (Å²) in [7, 11) is 0. The molecule has 4 heteroatoms. The Morgan fingerprint density at radius 2 is 1.85 bits per heavy atom. The van der Waals surface area contributed by atoms with Crippen molar-refractivity contribution in [2.45, 2.75) is 32.2 Å². The van der Waals surface area contributed by atoms with Crippen LogP contribution >= 0.6 is 0 Å². The molecule has 0 aliphatic heterocycles. The van der Waals surface area contributed by atoms with Crippen LogP contribution < -0.4 is 11.1 Å². The molecule has 0 aromatic carbocycles. The minimum Gasteiger partial charge on any atom is -0.352 e. The highest BCUT2D eigenvalue weighted by molar-refractivity contribution is 5.96. The largest absolute Gasteiger partial charge is 0.352 e. The molecular weight excluding hydrogens is 252 g/mol. The van der Waals surface area contributed by atoms with Crippen LogP contribution in [0.25, 0.3) is 0 Å². The minimum atomic E-state index is -0.376. The van der Waals surface area contributed by atoms with E-state index in [1.54, 1.807) is 12.2 Å². The van der Waals surface area contributed by atoms with E-state index >= 15 is 0 Å². The van der Waals surface area contributed by atoms with Gasteiger partial charge in [-0.3, -0.25) is 9.59 Å². The number of carbonyl (C=O) groups excluding carboxylic acids is 2. The summed E-state index contributed by atoms with van der Waals surface area (Å²) in [6, 6.07) is -0.376. The third-order valence-corrected chi connectivity index (χ3v) is 3.01. The zero-order chi connectivity index (χ0) is 14.8. The lowest BCUT2D eigenvalue weighted by atomic mass is 10.1. The SMILES string of the molecule is CC(=O)C(N)CCCCNC(=O)C1=C/C=C\C=C/C=C\1. The van der Waals surface area contributed by atoms with Crippen LogP contribution in [0.4, 0.5) is 0 Å². The van der Waals surface area contributed by atoms with Gasteiger partial charge in [-0.25, -0.2) is 0 Å². The Bertz CT molecular complexity index is 459. The van der Waals surface area contributed by atoms with Gasteiger partial charge < -0.3 is 11.1 Å². The van der Waals surface area contributed by atoms with Gasteiger partial charge in [0.15, 0.2) is 0 Å². The molecule has 1 aliphatic rings. The van der Waals surface area contributed by atoms with E-state index < -0.39 is 0 Å². The highest BCUT2D eigenvalue weighted by Crippen LogP contribution is 2.03. The van der Waals surface area contributed by atoms with Crippen LogP contribution in [0.1, 0.15) is 26.2 Å². The molecule has 3 N–H and O–H groups in total. The van der Waals surface area contributed by atoms with Crippen LogP contribution in [0.5, 0.6) is 0 Å². The molecule has 0 saturated carbocycles. The van der Waals surface area contributed by atoms with Gasteiger partial charge in [0.05, 0.1) is 6.04 Å². The van der Waals surface area contributed by atoms with Crippen LogP contribution in [0.2, 0.25) is 0 Å². The van der Waals surface area contributed by atoms with Crippen molar-refractivity contribution in [2.75, 3.05) is 6.54 Å². The van der Waals surface area contributed by atoms with Crippen molar-refractivity contribution in [3.05, 3.63) is 48.1 Å². The number of unbranched alkanes of at least 4 members (excludes halogenated alkanes) is 1. The van der Waals surface area contributed by atoms with Gasteiger partial charge in [0.25, 0.3) is 5.91 Å². The molecule has 20 heavy (non-hydrogen) atoms. The van der Waals surface area contributed by atoms with Crippen LogP contribution in [-0.2, 0) is 9.59 Å². The molecule has 0 aromatic rings. The maximum Gasteiger partial charge on any atom is 0.251 e. The van der Waals surface area contributed by atoms with Crippen LogP contribution in [0.3, 0.4) is 0 Å². The Morgan fingerprint density at radius 1 is 1.15 bits per heavy atom. The molecule has 0 fully saturated rings. The van der Waals surface area contributed by atoms with E-state index in [9.17, 15) is 9.59 Å². The Morgan fingerprint density at radius 3 is 2.60 bits per heavy atom. The fourth-order valence-corrected chi connectivity index (χ4v) is 1.71. The number of allylic oxidation sites excluding steroid dienone is 6. The Hall–Kier alpha value is -1.94. The molecule has 1 amide bonds. The molecule has 1 atom stereocenters. The maximum absolute atomic E-state index is 11.9. The molecule has 1 aliphatic carbocycles. The summed E-state index contributed by atoms with van der Waals surface area (Å²) in [4.78, 5) is 22.9. The molecule has 1 rings (SSSR count). The van der Waals surface area contributed by atoms with Gasteiger partial charge in [0.2, 0.25) is 0 Å². The summed E-state index contributed by atoms with van der Waals surface area (Å²) in [6.07, 6.45) is 15.2. The average molecular weight is 274 g/mol. The van der Waals surface area contributed by atoms with Crippen LogP contribution in [0.15, 0.2) is 48.1 Å². The number of rotatable bonds is 7. The summed E-state index contributed by atoms with van der Waals surface area (Å²) >= 11 is 0. The lowest BCUT2D eigenvalue weighted by molar-refractivity contribution is -0.118. The molecular formula is C16H22N2O2. The zero-order valence-corrected chi connectivity index (χ0v) is 11.8. The van der Waals surface area contributed by atoms with Gasteiger partial charge in [-0.15, -0.1) is 0 Å². The van der Waals surface area contributed by atoms with Crippen molar-refractivity contribution in [3.8, 4) is 0 Å². The first-order valence-electron chi connectivity index (χ1n) is 6.87. The van der Waals surface area contributed by atoms with Gasteiger partial charge in [0, 0.05) is 12.1 Å². The number of nitrogens with two attached hydrogens (primary N) is 1. The third kappa shape index (κ3) is 6.29. The average Bonchev–Trinajstić information content (AvgIpc) is 2.37. The first-order chi connectivity index (χ1) is 9.61. The lowest BCUT2D eigenvalue weighted by Gasteiger charge is -2.08. The Labute approximate surface area is 120 Å². The number of hydrogen-bond donors (Lipinski definition) is 2. The number of Topliss-reactive ketones (excluding diaryl/α,β-unsaturated/α-hetero) is 1. The number of amides is 1. The fourth-order valence-electron chi connectivity index (χ4n) is 1.71. The second-order valence-corrected chi connectivity index (χ2v) is 4.72. The van der Waals surface area contributed by atoms with Crippen molar-refractivity contribution < 1.29 is 9.59 Å². The highest BCUT2D eigenvalue weighted by Gasteiger charge is 2.08. The molecule has 4 nitrogen and oxygen atoms in total. The smallest absolute Gasteiger partial charge is 0.251 e. The summed E-state index contributed by atoms with van der Waals surface area (Å²) < 4.78 is 0. The van der Waals surface area contributed by atoms with E-state index in [4.69, 9.17) is 5.73 Å². The number of nitrogens with one attached hydrogen (secondary N) is 1. The molecule has 1 unspecified atom stereocenters. The molecule has 0 radical (unpaired) electrons. The normalized spacial score (nSPS) is 22.6. The fraction of sp³-hybridized carbons (Fsp3) is 0.375. The van der Waals surface area contributed by atoms with Crippen molar-refractivity contribution in [2.24, 2.45) is 5.73 Å². The van der Waals surface area contributed by atoms with Gasteiger partial charge in [-0.05, 0) is 38.3 Å². The predicted octanol–water partition coefficient (Wildman–Crippen LogP) is 1.80. The minimum absolute atomic E-state index is 0.0127. The topological polar surface area (TPSA) is 72.2 Å². The zero-order valence-electron chi connectivity index (χ0n) is 11.8. The number of ketones is 1. The van der Waals surface area contributed by atoms with E-state index in [1.165, 1.54) is 6.92 Å². The van der Waals surface area contributed by atoms with Gasteiger partial charge in [0.1, 0.15) is 5.78 Å². The van der Waals surface area contributed by atoms with E-state index in [2.05, 4.69) is 5.32 Å². The molecule has 0 saturated heterocycles. The summed E-state index contributed by atoms with van der Waals surface area (Å²) in [5.41, 5.74) is 6.27. The standard InChI is InChI=1S/C16H22N2O2/c1-13(19)15(17)11-7-8-12-18-16(20)14-9-5-3-2-4-6-10-14/h2-6,9-10,15H,7-8,11-12,17H2,1H3,(H,18,20)/b3-2-,4-2?,5-3?,6-4-,9-5-,10-6?,14-9?,14-10+. The number of carbonyl (C=O) groups is 2. The Balaban J connectivity index is 2.25. The van der Waals surface area contributed by atoms with Crippen molar-refractivity contribution >= 4 is 11.7 Å². The molecule has 0 heterocycles. The van der Waals surface area contributed by atoms with Gasteiger partial charge in [-0.2, -0.15) is 0 Å². The van der Waals surface area contributed by atoms with Crippen molar-refractivity contribution in [1.29, 1.82) is 0 Å². The summed E-state index contributed by atoms with van der Waals surface area (Å²) in [5.74, 6) is -0.0734. The summed E-state index contributed by atoms with van der Waals surface area (Å²) in [6.45, 7) is 2.09. The highest BCUT2D eigenvalue weighted by atomic mass is 16.1. The lowest BCUT2D eigenvalue weighted by Crippen LogP contribution is -2.29. The second-order valence-electron chi connectivity index (χ2n) is 4.72. The monoisotopic (exact) mass is 274 g/mol.